The molecule has 0 atom stereocenters. The lowest BCUT2D eigenvalue weighted by Crippen LogP contribution is -2.06. The largest absolute Gasteiger partial charge is 0.346 e. The first-order valence-corrected chi connectivity index (χ1v) is 6.78. The molecule has 98 valence electrons. The van der Waals surface area contributed by atoms with Gasteiger partial charge in [0.15, 0.2) is 0 Å². The molecule has 1 aromatic carbocycles. The van der Waals surface area contributed by atoms with Crippen LogP contribution >= 0.6 is 0 Å². The number of nitrogens with two attached hydrogens (primary N) is 1. The van der Waals surface area contributed by atoms with Gasteiger partial charge in [0, 0.05) is 30.2 Å². The molecule has 0 aliphatic rings. The fraction of sp³-hybridized carbons (Fsp3) is 0.500. The number of aryl methyl sites for hydroxylation is 1. The van der Waals surface area contributed by atoms with E-state index in [1.54, 1.807) is 0 Å². The zero-order valence-electron chi connectivity index (χ0n) is 12.1. The van der Waals surface area contributed by atoms with E-state index in [1.165, 1.54) is 27.7 Å². The Kier molecular flexibility index (Phi) is 3.49. The van der Waals surface area contributed by atoms with Crippen molar-refractivity contribution in [3.8, 4) is 0 Å². The molecule has 0 spiro atoms. The lowest BCUT2D eigenvalue weighted by Gasteiger charge is -2.09. The third kappa shape index (κ3) is 1.95. The van der Waals surface area contributed by atoms with Crippen LogP contribution in [0, 0.1) is 0 Å². The molecular weight excluding hydrogens is 220 g/mol. The first kappa shape index (κ1) is 13.2. The Morgan fingerprint density at radius 1 is 1.11 bits per heavy atom. The van der Waals surface area contributed by atoms with Crippen LogP contribution in [-0.2, 0) is 13.6 Å². The Morgan fingerprint density at radius 3 is 2.28 bits per heavy atom. The van der Waals surface area contributed by atoms with Crippen LogP contribution in [0.3, 0.4) is 0 Å². The van der Waals surface area contributed by atoms with E-state index >= 15 is 0 Å². The Balaban J connectivity index is 2.79. The number of fused-ring (bicyclic) bond motifs is 1. The van der Waals surface area contributed by atoms with Gasteiger partial charge in [0.1, 0.15) is 0 Å². The highest BCUT2D eigenvalue weighted by atomic mass is 15.0. The van der Waals surface area contributed by atoms with Gasteiger partial charge in [-0.05, 0) is 35.1 Å². The minimum atomic E-state index is 0.509. The molecule has 0 aliphatic heterocycles. The summed E-state index contributed by atoms with van der Waals surface area (Å²) in [6.45, 7) is 9.58. The molecule has 0 radical (unpaired) electrons. The summed E-state index contributed by atoms with van der Waals surface area (Å²) in [5.74, 6) is 1.07. The highest BCUT2D eigenvalue weighted by molar-refractivity contribution is 5.87. The van der Waals surface area contributed by atoms with Gasteiger partial charge in [-0.1, -0.05) is 33.8 Å². The van der Waals surface area contributed by atoms with Crippen LogP contribution in [0.4, 0.5) is 0 Å². The first-order chi connectivity index (χ1) is 8.47. The number of benzene rings is 1. The van der Waals surface area contributed by atoms with E-state index in [9.17, 15) is 0 Å². The molecule has 18 heavy (non-hydrogen) atoms. The van der Waals surface area contributed by atoms with Crippen LogP contribution in [0.15, 0.2) is 18.2 Å². The third-order valence-corrected chi connectivity index (χ3v) is 3.83. The molecule has 0 saturated heterocycles. The van der Waals surface area contributed by atoms with Gasteiger partial charge in [0.2, 0.25) is 0 Å². The zero-order chi connectivity index (χ0) is 13.4. The maximum Gasteiger partial charge on any atom is 0.0483 e. The van der Waals surface area contributed by atoms with Crippen molar-refractivity contribution in [1.29, 1.82) is 0 Å². The van der Waals surface area contributed by atoms with E-state index in [-0.39, 0.29) is 0 Å². The average molecular weight is 244 g/mol. The van der Waals surface area contributed by atoms with E-state index in [0.29, 0.717) is 18.4 Å². The fourth-order valence-corrected chi connectivity index (χ4v) is 2.79. The summed E-state index contributed by atoms with van der Waals surface area (Å²) in [6.07, 6.45) is 0. The van der Waals surface area contributed by atoms with E-state index in [4.69, 9.17) is 5.73 Å². The predicted molar refractivity (Wildman–Crippen MR) is 79.0 cm³/mol. The Hall–Kier alpha value is -1.28. The molecular formula is C16H24N2. The predicted octanol–water partition coefficient (Wildman–Crippen LogP) is 3.88. The van der Waals surface area contributed by atoms with Crippen LogP contribution in [-0.4, -0.2) is 4.57 Å². The third-order valence-electron chi connectivity index (χ3n) is 3.83. The van der Waals surface area contributed by atoms with Crippen molar-refractivity contribution in [1.82, 2.24) is 4.57 Å². The monoisotopic (exact) mass is 244 g/mol. The SMILES string of the molecule is CC(C)c1ccc2c(c1)c(C(C)C)c(CN)n2C. The van der Waals surface area contributed by atoms with Crippen molar-refractivity contribution in [2.24, 2.45) is 12.8 Å². The molecule has 0 bridgehead atoms. The van der Waals surface area contributed by atoms with E-state index < -0.39 is 0 Å². The highest BCUT2D eigenvalue weighted by Gasteiger charge is 2.17. The molecule has 2 rings (SSSR count). The molecule has 2 nitrogen and oxygen atoms in total. The van der Waals surface area contributed by atoms with Crippen LogP contribution in [0.2, 0.25) is 0 Å². The number of aromatic nitrogens is 1. The van der Waals surface area contributed by atoms with E-state index in [0.717, 1.165) is 0 Å². The summed E-state index contributed by atoms with van der Waals surface area (Å²) in [4.78, 5) is 0. The van der Waals surface area contributed by atoms with Crippen molar-refractivity contribution in [2.75, 3.05) is 0 Å². The van der Waals surface area contributed by atoms with Crippen molar-refractivity contribution >= 4 is 10.9 Å². The minimum absolute atomic E-state index is 0.509. The van der Waals surface area contributed by atoms with Crippen molar-refractivity contribution in [3.05, 3.63) is 35.0 Å². The molecule has 0 fully saturated rings. The minimum Gasteiger partial charge on any atom is -0.346 e. The summed E-state index contributed by atoms with van der Waals surface area (Å²) in [7, 11) is 2.12. The molecule has 0 unspecified atom stereocenters. The van der Waals surface area contributed by atoms with Gasteiger partial charge in [0.25, 0.3) is 0 Å². The number of hydrogen-bond acceptors (Lipinski definition) is 1. The second-order valence-corrected chi connectivity index (χ2v) is 5.71. The summed E-state index contributed by atoms with van der Waals surface area (Å²) < 4.78 is 2.24. The van der Waals surface area contributed by atoms with Gasteiger partial charge in [-0.3, -0.25) is 0 Å². The number of nitrogens with zero attached hydrogens (tertiary/aromatic N) is 1. The smallest absolute Gasteiger partial charge is 0.0483 e. The van der Waals surface area contributed by atoms with Gasteiger partial charge in [0.05, 0.1) is 0 Å². The fourth-order valence-electron chi connectivity index (χ4n) is 2.79. The van der Waals surface area contributed by atoms with Crippen molar-refractivity contribution < 1.29 is 0 Å². The second-order valence-electron chi connectivity index (χ2n) is 5.71. The molecule has 0 aliphatic carbocycles. The lowest BCUT2D eigenvalue weighted by molar-refractivity contribution is 0.788. The molecule has 1 aromatic heterocycles. The Bertz CT molecular complexity index is 562. The molecule has 0 amide bonds. The van der Waals surface area contributed by atoms with Gasteiger partial charge >= 0.3 is 0 Å². The summed E-state index contributed by atoms with van der Waals surface area (Å²) in [5.41, 5.74) is 11.3. The van der Waals surface area contributed by atoms with Crippen molar-refractivity contribution in [3.63, 3.8) is 0 Å². The summed E-state index contributed by atoms with van der Waals surface area (Å²) >= 11 is 0. The van der Waals surface area contributed by atoms with E-state index in [2.05, 4.69) is 57.5 Å². The topological polar surface area (TPSA) is 30.9 Å². The maximum atomic E-state index is 5.93. The van der Waals surface area contributed by atoms with Gasteiger partial charge in [-0.25, -0.2) is 0 Å². The Labute approximate surface area is 110 Å². The number of hydrogen-bond donors (Lipinski definition) is 1. The van der Waals surface area contributed by atoms with Gasteiger partial charge < -0.3 is 10.3 Å². The maximum absolute atomic E-state index is 5.93. The van der Waals surface area contributed by atoms with Crippen molar-refractivity contribution in [2.45, 2.75) is 46.1 Å². The normalized spacial score (nSPS) is 12.0. The quantitative estimate of drug-likeness (QED) is 0.872. The summed E-state index contributed by atoms with van der Waals surface area (Å²) in [6, 6.07) is 6.81. The Morgan fingerprint density at radius 2 is 1.78 bits per heavy atom. The first-order valence-electron chi connectivity index (χ1n) is 6.78. The molecule has 0 saturated carbocycles. The van der Waals surface area contributed by atoms with E-state index in [1.807, 2.05) is 0 Å². The standard InChI is InChI=1S/C16H24N2/c1-10(2)12-6-7-14-13(8-12)16(11(3)4)15(9-17)18(14)5/h6-8,10-11H,9,17H2,1-5H3. The van der Waals surface area contributed by atoms with Crippen LogP contribution in [0.25, 0.3) is 10.9 Å². The molecule has 2 aromatic rings. The summed E-state index contributed by atoms with van der Waals surface area (Å²) in [5, 5.41) is 1.37. The number of rotatable bonds is 3. The van der Waals surface area contributed by atoms with Gasteiger partial charge in [-0.15, -0.1) is 0 Å². The highest BCUT2D eigenvalue weighted by Crippen LogP contribution is 2.33. The second kappa shape index (κ2) is 4.77. The lowest BCUT2D eigenvalue weighted by atomic mass is 9.95. The van der Waals surface area contributed by atoms with Crippen LogP contribution < -0.4 is 5.73 Å². The molecule has 2 N–H and O–H groups in total. The van der Waals surface area contributed by atoms with Gasteiger partial charge in [-0.2, -0.15) is 0 Å². The average Bonchev–Trinajstić information content (AvgIpc) is 2.61. The van der Waals surface area contributed by atoms with Crippen LogP contribution in [0.5, 0.6) is 0 Å². The zero-order valence-corrected chi connectivity index (χ0v) is 12.1. The molecule has 2 heteroatoms. The molecule has 1 heterocycles. The van der Waals surface area contributed by atoms with Crippen LogP contribution in [0.1, 0.15) is 56.4 Å².